The zero-order chi connectivity index (χ0) is 36.9. The first-order valence-corrected chi connectivity index (χ1v) is 17.3. The Hall–Kier alpha value is -6.44. The summed E-state index contributed by atoms with van der Waals surface area (Å²) in [5.41, 5.74) is 3.16. The summed E-state index contributed by atoms with van der Waals surface area (Å²) in [5.74, 6) is 0.637. The van der Waals surface area contributed by atoms with Crippen LogP contribution in [0.2, 0.25) is 0 Å². The SMILES string of the molecule is Cc1nnc(-c2nccc(Oc3ccc(C(C)(C)c4ccc(OC5CC(Nc6ccc7c(c6)C(=O)N(C6CCC(=O)NC6=O)C7=O)C5)cc4)cc3)n2)o1. The van der Waals surface area contributed by atoms with Gasteiger partial charge in [0.25, 0.3) is 17.7 Å². The number of aromatic nitrogens is 4. The van der Waals surface area contributed by atoms with E-state index in [0.29, 0.717) is 29.0 Å². The normalized spacial score (nSPS) is 19.8. The van der Waals surface area contributed by atoms with Crippen LogP contribution in [0.3, 0.4) is 0 Å². The van der Waals surface area contributed by atoms with Crippen molar-refractivity contribution in [3.63, 3.8) is 0 Å². The molecule has 2 aliphatic heterocycles. The molecular formula is C39H35N7O7. The Labute approximate surface area is 303 Å². The van der Waals surface area contributed by atoms with Gasteiger partial charge in [0.05, 0.1) is 11.1 Å². The van der Waals surface area contributed by atoms with Gasteiger partial charge in [0.1, 0.15) is 23.6 Å². The van der Waals surface area contributed by atoms with Crippen LogP contribution in [0.15, 0.2) is 83.4 Å². The van der Waals surface area contributed by atoms with E-state index in [1.807, 2.05) is 36.4 Å². The molecule has 14 heteroatoms. The monoisotopic (exact) mass is 713 g/mol. The summed E-state index contributed by atoms with van der Waals surface area (Å²) < 4.78 is 17.7. The Morgan fingerprint density at radius 2 is 1.57 bits per heavy atom. The van der Waals surface area contributed by atoms with Crippen LogP contribution in [0, 0.1) is 6.92 Å². The number of carbonyl (C=O) groups excluding carboxylic acids is 4. The van der Waals surface area contributed by atoms with E-state index in [1.165, 1.54) is 0 Å². The topological polar surface area (TPSA) is 179 Å². The third kappa shape index (κ3) is 6.59. The highest BCUT2D eigenvalue weighted by molar-refractivity contribution is 6.23. The number of amides is 4. The minimum atomic E-state index is -0.991. The first kappa shape index (κ1) is 33.7. The maximum Gasteiger partial charge on any atom is 0.285 e. The quantitative estimate of drug-likeness (QED) is 0.177. The second-order valence-corrected chi connectivity index (χ2v) is 13.9. The van der Waals surface area contributed by atoms with Crippen molar-refractivity contribution in [3.8, 4) is 29.1 Å². The summed E-state index contributed by atoms with van der Waals surface area (Å²) >= 11 is 0. The Bertz CT molecular complexity index is 2250. The van der Waals surface area contributed by atoms with Crippen LogP contribution < -0.4 is 20.1 Å². The van der Waals surface area contributed by atoms with E-state index in [2.05, 4.69) is 56.8 Å². The first-order chi connectivity index (χ1) is 25.5. The fraction of sp³-hybridized carbons (Fsp3) is 0.282. The van der Waals surface area contributed by atoms with Crippen molar-refractivity contribution in [1.29, 1.82) is 0 Å². The molecule has 1 aliphatic carbocycles. The fourth-order valence-electron chi connectivity index (χ4n) is 6.83. The lowest BCUT2D eigenvalue weighted by Gasteiger charge is -2.36. The molecule has 5 aromatic rings. The molecule has 3 aromatic carbocycles. The summed E-state index contributed by atoms with van der Waals surface area (Å²) in [5, 5.41) is 13.4. The van der Waals surface area contributed by atoms with Gasteiger partial charge in [-0.1, -0.05) is 38.1 Å². The van der Waals surface area contributed by atoms with Crippen LogP contribution in [0.25, 0.3) is 11.7 Å². The number of rotatable bonds is 10. The molecule has 1 unspecified atom stereocenters. The number of benzene rings is 3. The largest absolute Gasteiger partial charge is 0.490 e. The van der Waals surface area contributed by atoms with E-state index < -0.39 is 29.7 Å². The van der Waals surface area contributed by atoms with Gasteiger partial charge in [0.2, 0.25) is 29.4 Å². The van der Waals surface area contributed by atoms with Crippen molar-refractivity contribution in [3.05, 3.63) is 107 Å². The Kier molecular flexibility index (Phi) is 8.44. The summed E-state index contributed by atoms with van der Waals surface area (Å²) in [7, 11) is 0. The highest BCUT2D eigenvalue weighted by Crippen LogP contribution is 2.36. The molecule has 3 aliphatic rings. The molecule has 1 saturated heterocycles. The highest BCUT2D eigenvalue weighted by atomic mass is 16.5. The van der Waals surface area contributed by atoms with Gasteiger partial charge < -0.3 is 19.2 Å². The molecule has 53 heavy (non-hydrogen) atoms. The molecule has 4 amide bonds. The van der Waals surface area contributed by atoms with Crippen molar-refractivity contribution in [2.75, 3.05) is 5.32 Å². The van der Waals surface area contributed by atoms with Crippen LogP contribution in [-0.4, -0.2) is 66.9 Å². The molecule has 2 aromatic heterocycles. The Balaban J connectivity index is 0.839. The molecule has 2 N–H and O–H groups in total. The van der Waals surface area contributed by atoms with Crippen LogP contribution in [0.4, 0.5) is 5.69 Å². The summed E-state index contributed by atoms with van der Waals surface area (Å²) in [4.78, 5) is 59.6. The van der Waals surface area contributed by atoms with Crippen molar-refractivity contribution in [2.24, 2.45) is 0 Å². The lowest BCUT2D eigenvalue weighted by Crippen LogP contribution is -2.54. The maximum atomic E-state index is 13.2. The third-order valence-electron chi connectivity index (χ3n) is 9.93. The van der Waals surface area contributed by atoms with Gasteiger partial charge in [-0.15, -0.1) is 10.2 Å². The number of anilines is 1. The standard InChI is InChI=1S/C39H35N7O7/c1-21-44-45-36(51-21)34-40-17-16-33(43-34)53-27-11-6-23(7-12-27)39(2,3)22-4-9-26(10-5-22)52-28-18-25(19-28)41-24-8-13-29-30(20-24)38(50)46(37(29)49)31-14-15-32(47)42-35(31)48/h4-13,16-17,20,25,28,31,41H,14-15,18-19H2,1-3H3,(H,42,47,48). The number of hydrogen-bond acceptors (Lipinski definition) is 12. The summed E-state index contributed by atoms with van der Waals surface area (Å²) in [6, 6.07) is 21.9. The third-order valence-corrected chi connectivity index (χ3v) is 9.93. The van der Waals surface area contributed by atoms with Crippen LogP contribution in [0.5, 0.6) is 17.4 Å². The number of carbonyl (C=O) groups is 4. The number of nitrogens with zero attached hydrogens (tertiary/aromatic N) is 5. The molecule has 8 rings (SSSR count). The predicted octanol–water partition coefficient (Wildman–Crippen LogP) is 5.38. The molecule has 4 heterocycles. The molecule has 0 spiro atoms. The number of hydrogen-bond donors (Lipinski definition) is 2. The molecular weight excluding hydrogens is 678 g/mol. The van der Waals surface area contributed by atoms with E-state index in [-0.39, 0.29) is 47.4 Å². The van der Waals surface area contributed by atoms with Crippen molar-refractivity contribution >= 4 is 29.3 Å². The lowest BCUT2D eigenvalue weighted by atomic mass is 9.78. The van der Waals surface area contributed by atoms with E-state index in [9.17, 15) is 19.2 Å². The number of fused-ring (bicyclic) bond motifs is 1. The Morgan fingerprint density at radius 1 is 0.868 bits per heavy atom. The van der Waals surface area contributed by atoms with Gasteiger partial charge in [-0.3, -0.25) is 29.4 Å². The smallest absolute Gasteiger partial charge is 0.285 e. The summed E-state index contributed by atoms with van der Waals surface area (Å²) in [6.45, 7) is 6.03. The van der Waals surface area contributed by atoms with Gasteiger partial charge in [0.15, 0.2) is 0 Å². The van der Waals surface area contributed by atoms with Gasteiger partial charge in [-0.05, 0) is 60.0 Å². The minimum absolute atomic E-state index is 0.0293. The average Bonchev–Trinajstić information content (AvgIpc) is 3.67. The minimum Gasteiger partial charge on any atom is -0.490 e. The molecule has 1 saturated carbocycles. The van der Waals surface area contributed by atoms with Crippen LogP contribution in [-0.2, 0) is 15.0 Å². The molecule has 2 fully saturated rings. The van der Waals surface area contributed by atoms with Gasteiger partial charge >= 0.3 is 0 Å². The van der Waals surface area contributed by atoms with E-state index in [0.717, 1.165) is 34.6 Å². The Morgan fingerprint density at radius 3 is 2.25 bits per heavy atom. The van der Waals surface area contributed by atoms with Gasteiger partial charge in [0, 0.05) is 55.6 Å². The number of aryl methyl sites for hydroxylation is 1. The zero-order valence-electron chi connectivity index (χ0n) is 29.2. The first-order valence-electron chi connectivity index (χ1n) is 17.3. The predicted molar refractivity (Wildman–Crippen MR) is 189 cm³/mol. The molecule has 0 bridgehead atoms. The second-order valence-electron chi connectivity index (χ2n) is 13.9. The van der Waals surface area contributed by atoms with Crippen LogP contribution >= 0.6 is 0 Å². The van der Waals surface area contributed by atoms with Gasteiger partial charge in [-0.25, -0.2) is 4.98 Å². The van der Waals surface area contributed by atoms with Crippen molar-refractivity contribution in [1.82, 2.24) is 30.4 Å². The number of piperidine rings is 1. The average molecular weight is 714 g/mol. The zero-order valence-corrected chi connectivity index (χ0v) is 29.2. The van der Waals surface area contributed by atoms with Crippen LogP contribution in [0.1, 0.15) is 77.3 Å². The summed E-state index contributed by atoms with van der Waals surface area (Å²) in [6.07, 6.45) is 3.33. The molecule has 1 atom stereocenters. The van der Waals surface area contributed by atoms with Crippen molar-refractivity contribution < 1.29 is 33.1 Å². The van der Waals surface area contributed by atoms with E-state index >= 15 is 0 Å². The molecule has 268 valence electrons. The number of nitrogens with one attached hydrogen (secondary N) is 2. The van der Waals surface area contributed by atoms with Gasteiger partial charge in [-0.2, -0.15) is 4.98 Å². The lowest BCUT2D eigenvalue weighted by molar-refractivity contribution is -0.136. The molecule has 0 radical (unpaired) electrons. The highest BCUT2D eigenvalue weighted by Gasteiger charge is 2.45. The number of imide groups is 2. The second kappa shape index (κ2) is 13.3. The number of ether oxygens (including phenoxy) is 2. The fourth-order valence-corrected chi connectivity index (χ4v) is 6.83. The van der Waals surface area contributed by atoms with E-state index in [4.69, 9.17) is 13.9 Å². The van der Waals surface area contributed by atoms with Crippen molar-refractivity contribution in [2.45, 2.75) is 70.1 Å². The van der Waals surface area contributed by atoms with E-state index in [1.54, 1.807) is 37.4 Å². The maximum absolute atomic E-state index is 13.2. The molecule has 14 nitrogen and oxygen atoms in total.